The molecule has 2 amide bonds. The summed E-state index contributed by atoms with van der Waals surface area (Å²) in [6.45, 7) is 2.64. The van der Waals surface area contributed by atoms with E-state index in [1.165, 1.54) is 11.0 Å². The minimum Gasteiger partial charge on any atom is -0.354 e. The summed E-state index contributed by atoms with van der Waals surface area (Å²) in [5.74, 6) is -3.48. The predicted octanol–water partition coefficient (Wildman–Crippen LogP) is 1.04. The highest BCUT2D eigenvalue weighted by molar-refractivity contribution is 6.09. The third kappa shape index (κ3) is 3.41. The Hall–Kier alpha value is -2.02. The average Bonchev–Trinajstić information content (AvgIpc) is 2.89. The Bertz CT molecular complexity index is 580. The number of nitrogens with one attached hydrogen (secondary N) is 2. The standard InChI is InChI=1S/C15H19F2N3O2/c1-9(18-2)8-19-14(21)11-5-6-20(15(11)22)10-3-4-12(16)13(17)7-10/h3-4,7,9,11,18H,5-6,8H2,1-2H3,(H,19,21). The molecule has 1 aromatic carbocycles. The van der Waals surface area contributed by atoms with E-state index in [2.05, 4.69) is 10.6 Å². The van der Waals surface area contributed by atoms with Crippen molar-refractivity contribution in [2.24, 2.45) is 5.92 Å². The van der Waals surface area contributed by atoms with Gasteiger partial charge in [0.25, 0.3) is 0 Å². The Balaban J connectivity index is 2.02. The van der Waals surface area contributed by atoms with Gasteiger partial charge in [-0.15, -0.1) is 0 Å². The molecule has 0 spiro atoms. The molecule has 7 heteroatoms. The second-order valence-electron chi connectivity index (χ2n) is 5.36. The maximum absolute atomic E-state index is 13.3. The quantitative estimate of drug-likeness (QED) is 0.799. The molecule has 1 aromatic rings. The molecule has 2 atom stereocenters. The SMILES string of the molecule is CNC(C)CNC(=O)C1CCN(c2ccc(F)c(F)c2)C1=O. The topological polar surface area (TPSA) is 61.4 Å². The van der Waals surface area contributed by atoms with Crippen LogP contribution < -0.4 is 15.5 Å². The van der Waals surface area contributed by atoms with Crippen LogP contribution in [0.2, 0.25) is 0 Å². The lowest BCUT2D eigenvalue weighted by Crippen LogP contribution is -2.42. The van der Waals surface area contributed by atoms with Crippen molar-refractivity contribution in [2.75, 3.05) is 25.0 Å². The molecule has 1 heterocycles. The van der Waals surface area contributed by atoms with Gasteiger partial charge in [-0.2, -0.15) is 0 Å². The molecule has 2 unspecified atom stereocenters. The molecule has 22 heavy (non-hydrogen) atoms. The monoisotopic (exact) mass is 311 g/mol. The molecule has 1 aliphatic heterocycles. The molecule has 0 radical (unpaired) electrons. The maximum Gasteiger partial charge on any atom is 0.239 e. The zero-order valence-electron chi connectivity index (χ0n) is 12.5. The van der Waals surface area contributed by atoms with Crippen molar-refractivity contribution >= 4 is 17.5 Å². The first-order valence-electron chi connectivity index (χ1n) is 7.15. The number of carbonyl (C=O) groups excluding carboxylic acids is 2. The summed E-state index contributed by atoms with van der Waals surface area (Å²) < 4.78 is 26.2. The molecule has 1 fully saturated rings. The molecule has 1 aliphatic rings. The minimum absolute atomic E-state index is 0.0998. The van der Waals surface area contributed by atoms with Crippen molar-refractivity contribution in [3.63, 3.8) is 0 Å². The van der Waals surface area contributed by atoms with E-state index in [1.54, 1.807) is 7.05 Å². The van der Waals surface area contributed by atoms with Crippen molar-refractivity contribution in [1.29, 1.82) is 0 Å². The summed E-state index contributed by atoms with van der Waals surface area (Å²) in [6.07, 6.45) is 0.359. The van der Waals surface area contributed by atoms with Crippen molar-refractivity contribution in [3.05, 3.63) is 29.8 Å². The lowest BCUT2D eigenvalue weighted by atomic mass is 10.1. The summed E-state index contributed by atoms with van der Waals surface area (Å²) in [7, 11) is 1.78. The second-order valence-corrected chi connectivity index (χ2v) is 5.36. The van der Waals surface area contributed by atoms with Crippen LogP contribution in [-0.2, 0) is 9.59 Å². The van der Waals surface area contributed by atoms with Gasteiger partial charge < -0.3 is 15.5 Å². The van der Waals surface area contributed by atoms with Crippen molar-refractivity contribution < 1.29 is 18.4 Å². The Kier molecular flexibility index (Phi) is 5.07. The number of benzene rings is 1. The molecule has 0 aromatic heterocycles. The van der Waals surface area contributed by atoms with Crippen LogP contribution in [0.3, 0.4) is 0 Å². The number of anilines is 1. The number of nitrogens with zero attached hydrogens (tertiary/aromatic N) is 1. The number of rotatable bonds is 5. The lowest BCUT2D eigenvalue weighted by Gasteiger charge is -2.17. The number of hydrogen-bond acceptors (Lipinski definition) is 3. The molecule has 5 nitrogen and oxygen atoms in total. The van der Waals surface area contributed by atoms with Gasteiger partial charge >= 0.3 is 0 Å². The highest BCUT2D eigenvalue weighted by Gasteiger charge is 2.37. The number of hydrogen-bond donors (Lipinski definition) is 2. The van der Waals surface area contributed by atoms with Gasteiger partial charge in [-0.05, 0) is 32.5 Å². The second kappa shape index (κ2) is 6.83. The van der Waals surface area contributed by atoms with Gasteiger partial charge in [0.1, 0.15) is 5.92 Å². The van der Waals surface area contributed by atoms with Crippen molar-refractivity contribution in [1.82, 2.24) is 10.6 Å². The van der Waals surface area contributed by atoms with E-state index < -0.39 is 17.6 Å². The summed E-state index contributed by atoms with van der Waals surface area (Å²) in [4.78, 5) is 25.7. The van der Waals surface area contributed by atoms with E-state index in [9.17, 15) is 18.4 Å². The Labute approximate surface area is 127 Å². The molecule has 2 N–H and O–H groups in total. The number of amides is 2. The van der Waals surface area contributed by atoms with E-state index in [4.69, 9.17) is 0 Å². The summed E-state index contributed by atoms with van der Waals surface area (Å²) >= 11 is 0. The molecule has 0 bridgehead atoms. The van der Waals surface area contributed by atoms with E-state index >= 15 is 0 Å². The van der Waals surface area contributed by atoms with E-state index in [0.29, 0.717) is 19.5 Å². The first kappa shape index (κ1) is 16.4. The first-order chi connectivity index (χ1) is 10.4. The van der Waals surface area contributed by atoms with Crippen LogP contribution in [0, 0.1) is 17.6 Å². The van der Waals surface area contributed by atoms with Crippen molar-refractivity contribution in [2.45, 2.75) is 19.4 Å². The normalized spacial score (nSPS) is 19.4. The van der Waals surface area contributed by atoms with Gasteiger partial charge in [0.2, 0.25) is 11.8 Å². The molecule has 0 aliphatic carbocycles. The summed E-state index contributed by atoms with van der Waals surface area (Å²) in [5.41, 5.74) is 0.266. The van der Waals surface area contributed by atoms with E-state index in [0.717, 1.165) is 12.1 Å². The fourth-order valence-electron chi connectivity index (χ4n) is 2.31. The number of likely N-dealkylation sites (N-methyl/N-ethyl adjacent to an activating group) is 1. The van der Waals surface area contributed by atoms with Crippen LogP contribution in [0.4, 0.5) is 14.5 Å². The Morgan fingerprint density at radius 2 is 2.14 bits per heavy atom. The van der Waals surface area contributed by atoms with Crippen LogP contribution in [-0.4, -0.2) is 38.0 Å². The fraction of sp³-hybridized carbons (Fsp3) is 0.467. The smallest absolute Gasteiger partial charge is 0.239 e. The minimum atomic E-state index is -1.01. The van der Waals surface area contributed by atoms with Gasteiger partial charge in [-0.1, -0.05) is 0 Å². The molecular weight excluding hydrogens is 292 g/mol. The molecule has 120 valence electrons. The molecule has 2 rings (SSSR count). The molecular formula is C15H19F2N3O2. The lowest BCUT2D eigenvalue weighted by molar-refractivity contribution is -0.132. The van der Waals surface area contributed by atoms with Crippen LogP contribution in [0.1, 0.15) is 13.3 Å². The summed E-state index contributed by atoms with van der Waals surface area (Å²) in [5, 5.41) is 5.70. The fourth-order valence-corrected chi connectivity index (χ4v) is 2.31. The number of halogens is 2. The van der Waals surface area contributed by atoms with Crippen LogP contribution in [0.25, 0.3) is 0 Å². The van der Waals surface area contributed by atoms with E-state index in [-0.39, 0.29) is 23.5 Å². The molecule has 1 saturated heterocycles. The van der Waals surface area contributed by atoms with Gasteiger partial charge in [-0.3, -0.25) is 9.59 Å². The largest absolute Gasteiger partial charge is 0.354 e. The maximum atomic E-state index is 13.3. The average molecular weight is 311 g/mol. The summed E-state index contributed by atoms with van der Waals surface area (Å²) in [6, 6.07) is 3.37. The Morgan fingerprint density at radius 3 is 2.77 bits per heavy atom. The third-order valence-electron chi connectivity index (χ3n) is 3.81. The van der Waals surface area contributed by atoms with Gasteiger partial charge in [0.15, 0.2) is 11.6 Å². The molecule has 0 saturated carbocycles. The Morgan fingerprint density at radius 1 is 1.41 bits per heavy atom. The van der Waals surface area contributed by atoms with Crippen molar-refractivity contribution in [3.8, 4) is 0 Å². The first-order valence-corrected chi connectivity index (χ1v) is 7.15. The number of carbonyl (C=O) groups is 2. The van der Waals surface area contributed by atoms with Crippen LogP contribution >= 0.6 is 0 Å². The zero-order chi connectivity index (χ0) is 16.3. The van der Waals surface area contributed by atoms with E-state index in [1.807, 2.05) is 6.92 Å². The van der Waals surface area contributed by atoms with Gasteiger partial charge in [0, 0.05) is 30.9 Å². The van der Waals surface area contributed by atoms with Gasteiger partial charge in [0.05, 0.1) is 0 Å². The highest BCUT2D eigenvalue weighted by Crippen LogP contribution is 2.26. The van der Waals surface area contributed by atoms with Gasteiger partial charge in [-0.25, -0.2) is 8.78 Å². The highest BCUT2D eigenvalue weighted by atomic mass is 19.2. The third-order valence-corrected chi connectivity index (χ3v) is 3.81. The predicted molar refractivity (Wildman–Crippen MR) is 78.3 cm³/mol. The van der Waals surface area contributed by atoms with Crippen LogP contribution in [0.15, 0.2) is 18.2 Å². The van der Waals surface area contributed by atoms with Crippen LogP contribution in [0.5, 0.6) is 0 Å². The zero-order valence-corrected chi connectivity index (χ0v) is 12.5.